The summed E-state index contributed by atoms with van der Waals surface area (Å²) in [6, 6.07) is 21.5. The lowest BCUT2D eigenvalue weighted by Gasteiger charge is -2.32. The van der Waals surface area contributed by atoms with Crippen LogP contribution in [0.15, 0.2) is 72.2 Å². The van der Waals surface area contributed by atoms with Crippen LogP contribution in [0, 0.1) is 0 Å². The zero-order valence-corrected chi connectivity index (χ0v) is 23.0. The lowest BCUT2D eigenvalue weighted by atomic mass is 9.77. The summed E-state index contributed by atoms with van der Waals surface area (Å²) >= 11 is 0. The second-order valence-corrected chi connectivity index (χ2v) is 10.9. The summed E-state index contributed by atoms with van der Waals surface area (Å²) in [6.45, 7) is 8.29. The van der Waals surface area contributed by atoms with Crippen molar-refractivity contribution in [1.82, 2.24) is 5.32 Å². The van der Waals surface area contributed by atoms with E-state index in [1.54, 1.807) is 18.2 Å². The first-order chi connectivity index (χ1) is 18.6. The number of carbonyl (C=O) groups excluding carboxylic acids is 1. The van der Waals surface area contributed by atoms with Crippen molar-refractivity contribution in [1.29, 1.82) is 0 Å². The molecule has 0 bridgehead atoms. The third-order valence-corrected chi connectivity index (χ3v) is 7.89. The highest BCUT2D eigenvalue weighted by Crippen LogP contribution is 2.44. The maximum atomic E-state index is 12.9. The van der Waals surface area contributed by atoms with Gasteiger partial charge in [-0.3, -0.25) is 0 Å². The molecule has 2 aliphatic rings. The van der Waals surface area contributed by atoms with Gasteiger partial charge in [-0.15, -0.1) is 0 Å². The molecule has 0 unspecified atom stereocenters. The van der Waals surface area contributed by atoms with E-state index in [0.29, 0.717) is 11.2 Å². The minimum Gasteiger partial charge on any atom is -0.504 e. The van der Waals surface area contributed by atoms with Crippen molar-refractivity contribution < 1.29 is 28.7 Å². The molecule has 1 saturated heterocycles. The van der Waals surface area contributed by atoms with Crippen molar-refractivity contribution in [3.05, 3.63) is 88.9 Å². The average molecular weight is 527 g/mol. The Morgan fingerprint density at radius 2 is 1.56 bits per heavy atom. The van der Waals surface area contributed by atoms with Gasteiger partial charge in [0.25, 0.3) is 0 Å². The summed E-state index contributed by atoms with van der Waals surface area (Å²) < 4.78 is 23.5. The second kappa shape index (κ2) is 10.4. The average Bonchev–Trinajstić information content (AvgIpc) is 3.35. The molecule has 1 heterocycles. The minimum atomic E-state index is -0.677. The molecule has 0 radical (unpaired) electrons. The van der Waals surface area contributed by atoms with Crippen molar-refractivity contribution in [3.63, 3.8) is 0 Å². The van der Waals surface area contributed by atoms with Crippen LogP contribution in [0.2, 0.25) is 0 Å². The number of rotatable bonds is 7. The first-order valence-electron chi connectivity index (χ1n) is 13.1. The van der Waals surface area contributed by atoms with Gasteiger partial charge in [-0.1, -0.05) is 60.7 Å². The van der Waals surface area contributed by atoms with Gasteiger partial charge in [-0.05, 0) is 73.1 Å². The number of nitrogens with one attached hydrogen (secondary N) is 1. The topological polar surface area (TPSA) is 86.3 Å². The number of benzene rings is 3. The monoisotopic (exact) mass is 527 g/mol. The summed E-state index contributed by atoms with van der Waals surface area (Å²) in [5.74, 6) is 0.371. The molecule has 0 atom stereocenters. The van der Waals surface area contributed by atoms with Crippen molar-refractivity contribution in [3.8, 4) is 22.6 Å². The van der Waals surface area contributed by atoms with Crippen LogP contribution in [0.4, 0.5) is 4.79 Å². The van der Waals surface area contributed by atoms with E-state index in [0.717, 1.165) is 16.7 Å². The quantitative estimate of drug-likeness (QED) is 0.369. The van der Waals surface area contributed by atoms with E-state index in [9.17, 15) is 9.90 Å². The molecular weight excluding hydrogens is 493 g/mol. The van der Waals surface area contributed by atoms with Gasteiger partial charge in [0.05, 0.1) is 18.3 Å². The van der Waals surface area contributed by atoms with Gasteiger partial charge in [0.15, 0.2) is 11.5 Å². The number of carbonyl (C=O) groups is 1. The van der Waals surface area contributed by atoms with Crippen LogP contribution >= 0.6 is 0 Å². The fourth-order valence-corrected chi connectivity index (χ4v) is 5.02. The number of hydrogen-bond acceptors (Lipinski definition) is 6. The molecular formula is C31H34BNO6. The lowest BCUT2D eigenvalue weighted by Crippen LogP contribution is -2.41. The van der Waals surface area contributed by atoms with Gasteiger partial charge in [-0.2, -0.15) is 0 Å². The Morgan fingerprint density at radius 1 is 0.974 bits per heavy atom. The van der Waals surface area contributed by atoms with Crippen molar-refractivity contribution in [2.24, 2.45) is 0 Å². The highest BCUT2D eigenvalue weighted by Gasteiger charge is 2.52. The fraction of sp³-hybridized carbons (Fsp3) is 0.323. The predicted molar refractivity (Wildman–Crippen MR) is 152 cm³/mol. The largest absolute Gasteiger partial charge is 0.504 e. The van der Waals surface area contributed by atoms with Crippen LogP contribution in [0.5, 0.6) is 11.5 Å². The van der Waals surface area contributed by atoms with Crippen molar-refractivity contribution >= 4 is 19.3 Å². The van der Waals surface area contributed by atoms with E-state index in [4.69, 9.17) is 18.8 Å². The van der Waals surface area contributed by atoms with Gasteiger partial charge in [0.1, 0.15) is 6.61 Å². The molecule has 39 heavy (non-hydrogen) atoms. The summed E-state index contributed by atoms with van der Waals surface area (Å²) in [5.41, 5.74) is 5.05. The number of alkyl carbamates (subject to hydrolysis) is 1. The first kappa shape index (κ1) is 26.8. The van der Waals surface area contributed by atoms with Gasteiger partial charge < -0.3 is 29.2 Å². The number of ether oxygens (including phenoxy) is 2. The highest BCUT2D eigenvalue weighted by molar-refractivity contribution is 6.56. The van der Waals surface area contributed by atoms with Crippen LogP contribution in [0.1, 0.15) is 50.3 Å². The Hall–Kier alpha value is -3.75. The van der Waals surface area contributed by atoms with E-state index in [1.807, 2.05) is 58.0 Å². The third kappa shape index (κ3) is 5.27. The standard InChI is InChI=1S/C31H34BNO6/c1-30(2)31(3,4)39-32(38-30)21(16-20-14-15-27(34)28(17-20)36-5)18-33-29(35)37-19-26-24-12-8-6-10-22(24)23-11-7-9-13-25(23)26/h6-17,26,34H,18-19H2,1-5H3,(H,33,35). The number of phenolic OH excluding ortho intramolecular Hbond substituents is 1. The third-order valence-electron chi connectivity index (χ3n) is 7.89. The molecule has 1 aliphatic carbocycles. The Balaban J connectivity index is 1.31. The number of aromatic hydroxyl groups is 1. The first-order valence-corrected chi connectivity index (χ1v) is 13.1. The van der Waals surface area contributed by atoms with E-state index >= 15 is 0 Å². The number of amides is 1. The molecule has 202 valence electrons. The molecule has 3 aromatic rings. The van der Waals surface area contributed by atoms with E-state index in [2.05, 4.69) is 29.6 Å². The summed E-state index contributed by atoms with van der Waals surface area (Å²) in [5, 5.41) is 12.9. The molecule has 2 N–H and O–H groups in total. The smallest absolute Gasteiger partial charge is 0.492 e. The molecule has 1 fully saturated rings. The highest BCUT2D eigenvalue weighted by atomic mass is 16.7. The van der Waals surface area contributed by atoms with Gasteiger partial charge in [0.2, 0.25) is 0 Å². The Bertz CT molecular complexity index is 1350. The number of phenols is 1. The molecule has 3 aromatic carbocycles. The summed E-state index contributed by atoms with van der Waals surface area (Å²) in [6.07, 6.45) is 1.34. The maximum Gasteiger partial charge on any atom is 0.492 e. The Labute approximate surface area is 229 Å². The molecule has 1 aliphatic heterocycles. The van der Waals surface area contributed by atoms with Crippen molar-refractivity contribution in [2.75, 3.05) is 20.3 Å². The van der Waals surface area contributed by atoms with E-state index in [1.165, 1.54) is 18.2 Å². The van der Waals surface area contributed by atoms with Crippen molar-refractivity contribution in [2.45, 2.75) is 44.8 Å². The maximum absolute atomic E-state index is 12.9. The summed E-state index contributed by atoms with van der Waals surface area (Å²) in [7, 11) is 0.819. The van der Waals surface area contributed by atoms with Crippen LogP contribution in [0.25, 0.3) is 17.2 Å². The Morgan fingerprint density at radius 3 is 2.15 bits per heavy atom. The normalized spacial score (nSPS) is 17.5. The fourth-order valence-electron chi connectivity index (χ4n) is 5.02. The molecule has 1 amide bonds. The molecule has 0 saturated carbocycles. The van der Waals surface area contributed by atoms with Gasteiger partial charge >= 0.3 is 13.2 Å². The van der Waals surface area contributed by atoms with Crippen LogP contribution in [-0.2, 0) is 14.0 Å². The summed E-state index contributed by atoms with van der Waals surface area (Å²) in [4.78, 5) is 12.9. The van der Waals surface area contributed by atoms with Crippen LogP contribution < -0.4 is 10.1 Å². The molecule has 7 nitrogen and oxygen atoms in total. The molecule has 0 aromatic heterocycles. The lowest BCUT2D eigenvalue weighted by molar-refractivity contribution is 0.00578. The number of fused-ring (bicyclic) bond motifs is 3. The zero-order chi connectivity index (χ0) is 27.8. The number of methoxy groups -OCH3 is 1. The predicted octanol–water partition coefficient (Wildman–Crippen LogP) is 5.95. The molecule has 0 spiro atoms. The second-order valence-electron chi connectivity index (χ2n) is 10.9. The zero-order valence-electron chi connectivity index (χ0n) is 23.0. The van der Waals surface area contributed by atoms with Gasteiger partial charge in [-0.25, -0.2) is 4.79 Å². The SMILES string of the molecule is COc1cc(C=C(CNC(=O)OCC2c3ccccc3-c3ccccc32)B2OC(C)(C)C(C)(C)O2)ccc1O. The van der Waals surface area contributed by atoms with E-state index < -0.39 is 24.4 Å². The minimum absolute atomic E-state index is 0.0225. The van der Waals surface area contributed by atoms with Gasteiger partial charge in [0, 0.05) is 12.5 Å². The van der Waals surface area contributed by atoms with Crippen LogP contribution in [-0.4, -0.2) is 49.8 Å². The number of hydrogen-bond donors (Lipinski definition) is 2. The Kier molecular flexibility index (Phi) is 7.18. The molecule has 5 rings (SSSR count). The van der Waals surface area contributed by atoms with E-state index in [-0.39, 0.29) is 24.8 Å². The molecule has 8 heteroatoms. The van der Waals surface area contributed by atoms with Crippen LogP contribution in [0.3, 0.4) is 0 Å².